The fourth-order valence-corrected chi connectivity index (χ4v) is 1.41. The fourth-order valence-electron chi connectivity index (χ4n) is 1.41. The number of nitrogens with one attached hydrogen (secondary N) is 2. The highest BCUT2D eigenvalue weighted by Gasteiger charge is 2.06. The Kier molecular flexibility index (Phi) is 11.2. The molecule has 0 saturated carbocycles. The molecular formula is C11H19Cl2N3O. The number of carbonyl (C=O) groups is 1. The Balaban J connectivity index is 0. The zero-order valence-corrected chi connectivity index (χ0v) is 11.6. The molecule has 1 unspecified atom stereocenters. The highest BCUT2D eigenvalue weighted by molar-refractivity contribution is 5.85. The lowest BCUT2D eigenvalue weighted by Gasteiger charge is -2.13. The van der Waals surface area contributed by atoms with Crippen molar-refractivity contribution in [2.45, 2.75) is 19.4 Å². The number of nitrogens with zero attached hydrogens (tertiary/aromatic N) is 1. The van der Waals surface area contributed by atoms with E-state index < -0.39 is 0 Å². The van der Waals surface area contributed by atoms with Crippen molar-refractivity contribution in [1.29, 1.82) is 0 Å². The standard InChI is InChI=1S/C11H17N3O.2ClH/c1-9(14-11(15)8-12-2)7-10-3-5-13-6-4-10;;/h3-6,9,12H,7-8H2,1-2H3,(H,14,15);2*1H. The van der Waals surface area contributed by atoms with E-state index in [0.717, 1.165) is 6.42 Å². The lowest BCUT2D eigenvalue weighted by Crippen LogP contribution is -2.39. The molecule has 0 aliphatic carbocycles. The average molecular weight is 280 g/mol. The summed E-state index contributed by atoms with van der Waals surface area (Å²) in [6.07, 6.45) is 4.35. The van der Waals surface area contributed by atoms with Crippen LogP contribution >= 0.6 is 24.8 Å². The molecule has 1 amide bonds. The van der Waals surface area contributed by atoms with Crippen LogP contribution in [0.3, 0.4) is 0 Å². The van der Waals surface area contributed by atoms with Crippen LogP contribution in [-0.4, -0.2) is 30.5 Å². The summed E-state index contributed by atoms with van der Waals surface area (Å²) in [6.45, 7) is 2.36. The Bertz CT molecular complexity index is 309. The van der Waals surface area contributed by atoms with Gasteiger partial charge in [0.1, 0.15) is 0 Å². The Morgan fingerprint density at radius 1 is 1.35 bits per heavy atom. The van der Waals surface area contributed by atoms with Crippen LogP contribution in [0.2, 0.25) is 0 Å². The van der Waals surface area contributed by atoms with Crippen LogP contribution in [0.1, 0.15) is 12.5 Å². The van der Waals surface area contributed by atoms with Gasteiger partial charge in [0, 0.05) is 18.4 Å². The second kappa shape index (κ2) is 10.3. The van der Waals surface area contributed by atoms with Gasteiger partial charge in [-0.25, -0.2) is 0 Å². The summed E-state index contributed by atoms with van der Waals surface area (Å²) in [6, 6.07) is 4.06. The number of hydrogen-bond acceptors (Lipinski definition) is 3. The summed E-state index contributed by atoms with van der Waals surface area (Å²) >= 11 is 0. The number of rotatable bonds is 5. The first-order valence-electron chi connectivity index (χ1n) is 5.05. The maximum absolute atomic E-state index is 11.3. The summed E-state index contributed by atoms with van der Waals surface area (Å²) < 4.78 is 0. The molecule has 1 aromatic rings. The van der Waals surface area contributed by atoms with E-state index in [4.69, 9.17) is 0 Å². The van der Waals surface area contributed by atoms with Crippen molar-refractivity contribution in [2.24, 2.45) is 0 Å². The van der Waals surface area contributed by atoms with Gasteiger partial charge in [-0.3, -0.25) is 9.78 Å². The van der Waals surface area contributed by atoms with Crippen molar-refractivity contribution in [1.82, 2.24) is 15.6 Å². The van der Waals surface area contributed by atoms with Crippen molar-refractivity contribution in [3.05, 3.63) is 30.1 Å². The van der Waals surface area contributed by atoms with Crippen LogP contribution in [0.5, 0.6) is 0 Å². The first-order chi connectivity index (χ1) is 7.22. The minimum atomic E-state index is 0. The molecule has 0 spiro atoms. The molecule has 0 aliphatic rings. The normalized spacial score (nSPS) is 10.7. The maximum Gasteiger partial charge on any atom is 0.234 e. The Labute approximate surface area is 114 Å². The third-order valence-electron chi connectivity index (χ3n) is 2.04. The van der Waals surface area contributed by atoms with E-state index >= 15 is 0 Å². The summed E-state index contributed by atoms with van der Waals surface area (Å²) in [4.78, 5) is 15.2. The Morgan fingerprint density at radius 2 is 1.94 bits per heavy atom. The molecule has 17 heavy (non-hydrogen) atoms. The third kappa shape index (κ3) is 7.96. The number of pyridine rings is 1. The second-order valence-electron chi connectivity index (χ2n) is 3.56. The molecule has 0 fully saturated rings. The quantitative estimate of drug-likeness (QED) is 0.852. The van der Waals surface area contributed by atoms with Crippen molar-refractivity contribution in [2.75, 3.05) is 13.6 Å². The van der Waals surface area contributed by atoms with Gasteiger partial charge in [-0.05, 0) is 38.1 Å². The largest absolute Gasteiger partial charge is 0.352 e. The molecule has 0 radical (unpaired) electrons. The Hall–Kier alpha value is -0.840. The number of hydrogen-bond donors (Lipinski definition) is 2. The SMILES string of the molecule is CNCC(=O)NC(C)Cc1ccncc1.Cl.Cl. The van der Waals surface area contributed by atoms with E-state index in [1.54, 1.807) is 19.4 Å². The molecule has 0 aromatic carbocycles. The van der Waals surface area contributed by atoms with Gasteiger partial charge in [-0.2, -0.15) is 0 Å². The number of amides is 1. The highest BCUT2D eigenvalue weighted by Crippen LogP contribution is 2.00. The van der Waals surface area contributed by atoms with Gasteiger partial charge in [-0.1, -0.05) is 0 Å². The first kappa shape index (κ1) is 18.5. The van der Waals surface area contributed by atoms with E-state index in [1.807, 2.05) is 19.1 Å². The molecule has 6 heteroatoms. The van der Waals surface area contributed by atoms with Gasteiger partial charge in [0.25, 0.3) is 0 Å². The summed E-state index contributed by atoms with van der Waals surface area (Å²) in [5.74, 6) is 0.0269. The van der Waals surface area contributed by atoms with Crippen LogP contribution in [-0.2, 0) is 11.2 Å². The molecule has 2 N–H and O–H groups in total. The van der Waals surface area contributed by atoms with E-state index in [2.05, 4.69) is 15.6 Å². The molecule has 0 saturated heterocycles. The molecule has 98 valence electrons. The van der Waals surface area contributed by atoms with Gasteiger partial charge in [-0.15, -0.1) is 24.8 Å². The summed E-state index contributed by atoms with van der Waals surface area (Å²) in [7, 11) is 1.76. The van der Waals surface area contributed by atoms with E-state index in [9.17, 15) is 4.79 Å². The van der Waals surface area contributed by atoms with Crippen LogP contribution < -0.4 is 10.6 Å². The second-order valence-corrected chi connectivity index (χ2v) is 3.56. The lowest BCUT2D eigenvalue weighted by molar-refractivity contribution is -0.120. The molecular weight excluding hydrogens is 261 g/mol. The molecule has 1 heterocycles. The summed E-state index contributed by atoms with van der Waals surface area (Å²) in [5, 5.41) is 5.72. The van der Waals surface area contributed by atoms with Crippen LogP contribution in [0.15, 0.2) is 24.5 Å². The number of aromatic nitrogens is 1. The van der Waals surface area contributed by atoms with Crippen molar-refractivity contribution < 1.29 is 4.79 Å². The molecule has 0 bridgehead atoms. The smallest absolute Gasteiger partial charge is 0.234 e. The lowest BCUT2D eigenvalue weighted by atomic mass is 10.1. The van der Waals surface area contributed by atoms with Gasteiger partial charge in [0.05, 0.1) is 6.54 Å². The number of likely N-dealkylation sites (N-methyl/N-ethyl adjacent to an activating group) is 1. The van der Waals surface area contributed by atoms with Gasteiger partial charge < -0.3 is 10.6 Å². The van der Waals surface area contributed by atoms with E-state index in [-0.39, 0.29) is 36.8 Å². The zero-order chi connectivity index (χ0) is 11.1. The average Bonchev–Trinajstić information content (AvgIpc) is 2.19. The monoisotopic (exact) mass is 279 g/mol. The minimum Gasteiger partial charge on any atom is -0.352 e. The number of carbonyl (C=O) groups excluding carboxylic acids is 1. The van der Waals surface area contributed by atoms with Gasteiger partial charge in [0.15, 0.2) is 0 Å². The van der Waals surface area contributed by atoms with Crippen LogP contribution in [0, 0.1) is 0 Å². The van der Waals surface area contributed by atoms with Gasteiger partial charge >= 0.3 is 0 Å². The van der Waals surface area contributed by atoms with E-state index in [1.165, 1.54) is 5.56 Å². The maximum atomic E-state index is 11.3. The topological polar surface area (TPSA) is 54.0 Å². The Morgan fingerprint density at radius 3 is 2.47 bits per heavy atom. The molecule has 1 aromatic heterocycles. The van der Waals surface area contributed by atoms with Crippen LogP contribution in [0.25, 0.3) is 0 Å². The van der Waals surface area contributed by atoms with Gasteiger partial charge in [0.2, 0.25) is 5.91 Å². The first-order valence-corrected chi connectivity index (χ1v) is 5.05. The molecule has 0 aliphatic heterocycles. The predicted octanol–water partition coefficient (Wildman–Crippen LogP) is 1.19. The fraction of sp³-hybridized carbons (Fsp3) is 0.455. The molecule has 1 atom stereocenters. The van der Waals surface area contributed by atoms with Crippen molar-refractivity contribution in [3.8, 4) is 0 Å². The highest BCUT2D eigenvalue weighted by atomic mass is 35.5. The molecule has 1 rings (SSSR count). The third-order valence-corrected chi connectivity index (χ3v) is 2.04. The van der Waals surface area contributed by atoms with Crippen LogP contribution in [0.4, 0.5) is 0 Å². The van der Waals surface area contributed by atoms with E-state index in [0.29, 0.717) is 6.54 Å². The molecule has 4 nitrogen and oxygen atoms in total. The minimum absolute atomic E-state index is 0. The predicted molar refractivity (Wildman–Crippen MR) is 74.0 cm³/mol. The summed E-state index contributed by atoms with van der Waals surface area (Å²) in [5.41, 5.74) is 1.18. The van der Waals surface area contributed by atoms with Crippen molar-refractivity contribution in [3.63, 3.8) is 0 Å². The zero-order valence-electron chi connectivity index (χ0n) is 9.97. The van der Waals surface area contributed by atoms with Crippen molar-refractivity contribution >= 4 is 30.7 Å². The number of halogens is 2.